The summed E-state index contributed by atoms with van der Waals surface area (Å²) in [6.07, 6.45) is 4.25. The number of ether oxygens (including phenoxy) is 1. The van der Waals surface area contributed by atoms with Gasteiger partial charge in [0.25, 0.3) is 5.91 Å². The van der Waals surface area contributed by atoms with E-state index in [2.05, 4.69) is 4.98 Å². The molecule has 0 atom stereocenters. The van der Waals surface area contributed by atoms with Crippen molar-refractivity contribution in [3.05, 3.63) is 77.4 Å². The third kappa shape index (κ3) is 3.68. The van der Waals surface area contributed by atoms with Crippen LogP contribution in [0.25, 0.3) is 11.1 Å². The Kier molecular flexibility index (Phi) is 4.94. The number of hydrogen-bond donors (Lipinski definition) is 1. The lowest BCUT2D eigenvalue weighted by Crippen LogP contribution is -2.49. The first-order valence-electron chi connectivity index (χ1n) is 10.7. The van der Waals surface area contributed by atoms with Gasteiger partial charge in [-0.1, -0.05) is 24.3 Å². The first kappa shape index (κ1) is 19.7. The summed E-state index contributed by atoms with van der Waals surface area (Å²) in [6.45, 7) is 3.86. The van der Waals surface area contributed by atoms with Crippen molar-refractivity contribution in [2.75, 3.05) is 19.7 Å². The Morgan fingerprint density at radius 1 is 1.03 bits per heavy atom. The molecule has 0 saturated carbocycles. The molecule has 6 heteroatoms. The fraction of sp³-hybridized carbons (Fsp3) is 0.320. The van der Waals surface area contributed by atoms with E-state index < -0.39 is 5.60 Å². The van der Waals surface area contributed by atoms with Crippen LogP contribution in [0, 0.1) is 6.92 Å². The van der Waals surface area contributed by atoms with Gasteiger partial charge in [-0.2, -0.15) is 0 Å². The largest absolute Gasteiger partial charge is 0.508 e. The molecule has 1 fully saturated rings. The van der Waals surface area contributed by atoms with Crippen LogP contribution in [-0.2, 0) is 16.8 Å². The summed E-state index contributed by atoms with van der Waals surface area (Å²) in [6, 6.07) is 14.7. The lowest BCUT2D eigenvalue weighted by molar-refractivity contribution is -0.0968. The number of benzene rings is 2. The van der Waals surface area contributed by atoms with Crippen molar-refractivity contribution in [3.63, 3.8) is 0 Å². The number of piperidine rings is 1. The van der Waals surface area contributed by atoms with Crippen LogP contribution in [0.1, 0.15) is 40.3 Å². The minimum Gasteiger partial charge on any atom is -0.508 e. The van der Waals surface area contributed by atoms with Crippen molar-refractivity contribution in [2.45, 2.75) is 31.8 Å². The molecule has 3 aromatic rings. The maximum Gasteiger partial charge on any atom is 0.253 e. The second-order valence-electron chi connectivity index (χ2n) is 8.30. The number of aromatic hydroxyl groups is 1. The zero-order chi connectivity index (χ0) is 21.4. The third-order valence-corrected chi connectivity index (χ3v) is 6.36. The highest BCUT2D eigenvalue weighted by atomic mass is 16.5. The molecule has 0 radical (unpaired) electrons. The van der Waals surface area contributed by atoms with Crippen LogP contribution < -0.4 is 0 Å². The average Bonchev–Trinajstić information content (AvgIpc) is 2.80. The molecule has 2 aliphatic heterocycles. The van der Waals surface area contributed by atoms with Gasteiger partial charge in [-0.05, 0) is 67.1 Å². The van der Waals surface area contributed by atoms with E-state index in [4.69, 9.17) is 9.72 Å². The molecule has 5 rings (SSSR count). The molecule has 1 saturated heterocycles. The molecule has 31 heavy (non-hydrogen) atoms. The van der Waals surface area contributed by atoms with E-state index in [1.165, 1.54) is 5.56 Å². The molecule has 2 aromatic carbocycles. The topological polar surface area (TPSA) is 75.6 Å². The van der Waals surface area contributed by atoms with E-state index in [0.717, 1.165) is 41.9 Å². The number of hydrogen-bond acceptors (Lipinski definition) is 5. The van der Waals surface area contributed by atoms with Crippen LogP contribution in [0.3, 0.4) is 0 Å². The standard InChI is InChI=1S/C25H25N3O3/c1-17-26-16-21-10-15-31-25(23(21)27-17)11-13-28(14-12-25)24(30)20-4-2-18(3-5-20)19-6-8-22(29)9-7-19/h2-9,16,29H,10-15H2,1H3. The molecule has 1 aromatic heterocycles. The Labute approximate surface area is 181 Å². The molecule has 1 spiro atoms. The number of aryl methyl sites for hydroxylation is 1. The molecule has 0 aliphatic carbocycles. The van der Waals surface area contributed by atoms with Gasteiger partial charge in [0.05, 0.1) is 12.3 Å². The van der Waals surface area contributed by atoms with Gasteiger partial charge >= 0.3 is 0 Å². The second kappa shape index (κ2) is 7.78. The summed E-state index contributed by atoms with van der Waals surface area (Å²) in [5.41, 5.74) is 4.47. The van der Waals surface area contributed by atoms with E-state index in [1.54, 1.807) is 12.1 Å². The first-order valence-corrected chi connectivity index (χ1v) is 10.7. The number of rotatable bonds is 2. The Balaban J connectivity index is 1.30. The SMILES string of the molecule is Cc1ncc2c(n1)C1(CCN(C(=O)c3ccc(-c4ccc(O)cc4)cc3)CC1)OCC2. The second-order valence-corrected chi connectivity index (χ2v) is 8.30. The van der Waals surface area contributed by atoms with Crippen LogP contribution in [0.4, 0.5) is 0 Å². The van der Waals surface area contributed by atoms with E-state index in [9.17, 15) is 9.90 Å². The van der Waals surface area contributed by atoms with Gasteiger partial charge in [0.15, 0.2) is 0 Å². The van der Waals surface area contributed by atoms with Gasteiger partial charge in [-0.15, -0.1) is 0 Å². The number of nitrogens with zero attached hydrogens (tertiary/aromatic N) is 3. The van der Waals surface area contributed by atoms with Gasteiger partial charge in [0, 0.05) is 24.8 Å². The minimum atomic E-state index is -0.402. The molecule has 2 aliphatic rings. The van der Waals surface area contributed by atoms with Gasteiger partial charge in [-0.3, -0.25) is 4.79 Å². The lowest BCUT2D eigenvalue weighted by atomic mass is 9.83. The van der Waals surface area contributed by atoms with E-state index >= 15 is 0 Å². The number of fused-ring (bicyclic) bond motifs is 2. The summed E-state index contributed by atoms with van der Waals surface area (Å²) in [4.78, 5) is 24.0. The number of aromatic nitrogens is 2. The number of likely N-dealkylation sites (tertiary alicyclic amines) is 1. The van der Waals surface area contributed by atoms with Crippen LogP contribution in [-0.4, -0.2) is 45.6 Å². The van der Waals surface area contributed by atoms with Crippen LogP contribution in [0.2, 0.25) is 0 Å². The van der Waals surface area contributed by atoms with Gasteiger partial charge in [0.1, 0.15) is 17.2 Å². The maximum absolute atomic E-state index is 13.1. The maximum atomic E-state index is 13.1. The molecular weight excluding hydrogens is 390 g/mol. The molecule has 6 nitrogen and oxygen atoms in total. The molecule has 0 bridgehead atoms. The predicted octanol–water partition coefficient (Wildman–Crippen LogP) is 3.86. The zero-order valence-electron chi connectivity index (χ0n) is 17.5. The number of carbonyl (C=O) groups is 1. The van der Waals surface area contributed by atoms with Gasteiger partial charge < -0.3 is 14.7 Å². The average molecular weight is 415 g/mol. The summed E-state index contributed by atoms with van der Waals surface area (Å²) in [5.74, 6) is 1.04. The molecule has 1 N–H and O–H groups in total. The Hall–Kier alpha value is -3.25. The smallest absolute Gasteiger partial charge is 0.253 e. The number of phenols is 1. The summed E-state index contributed by atoms with van der Waals surface area (Å²) < 4.78 is 6.25. The monoisotopic (exact) mass is 415 g/mol. The summed E-state index contributed by atoms with van der Waals surface area (Å²) in [7, 11) is 0. The highest BCUT2D eigenvalue weighted by Gasteiger charge is 2.43. The van der Waals surface area contributed by atoms with E-state index in [1.807, 2.05) is 54.4 Å². The van der Waals surface area contributed by atoms with E-state index in [-0.39, 0.29) is 11.7 Å². The number of amides is 1. The van der Waals surface area contributed by atoms with Crippen molar-refractivity contribution < 1.29 is 14.6 Å². The normalized spacial score (nSPS) is 17.4. The molecule has 0 unspecified atom stereocenters. The van der Waals surface area contributed by atoms with Gasteiger partial charge in [-0.25, -0.2) is 9.97 Å². The van der Waals surface area contributed by atoms with Gasteiger partial charge in [0.2, 0.25) is 0 Å². The highest BCUT2D eigenvalue weighted by Crippen LogP contribution is 2.40. The van der Waals surface area contributed by atoms with Crippen molar-refractivity contribution in [3.8, 4) is 16.9 Å². The molecule has 158 valence electrons. The van der Waals surface area contributed by atoms with Crippen molar-refractivity contribution in [1.29, 1.82) is 0 Å². The molecular formula is C25H25N3O3. The predicted molar refractivity (Wildman–Crippen MR) is 117 cm³/mol. The lowest BCUT2D eigenvalue weighted by Gasteiger charge is -2.44. The minimum absolute atomic E-state index is 0.0435. The fourth-order valence-corrected chi connectivity index (χ4v) is 4.59. The van der Waals surface area contributed by atoms with Crippen molar-refractivity contribution >= 4 is 5.91 Å². The summed E-state index contributed by atoms with van der Waals surface area (Å²) >= 11 is 0. The van der Waals surface area contributed by atoms with Crippen molar-refractivity contribution in [2.24, 2.45) is 0 Å². The molecule has 3 heterocycles. The highest BCUT2D eigenvalue weighted by molar-refractivity contribution is 5.94. The van der Waals surface area contributed by atoms with Crippen LogP contribution in [0.15, 0.2) is 54.7 Å². The number of phenolic OH excluding ortho intramolecular Hbond substituents is 1. The fourth-order valence-electron chi connectivity index (χ4n) is 4.59. The van der Waals surface area contributed by atoms with Crippen LogP contribution >= 0.6 is 0 Å². The Morgan fingerprint density at radius 3 is 2.35 bits per heavy atom. The van der Waals surface area contributed by atoms with Crippen molar-refractivity contribution in [1.82, 2.24) is 14.9 Å². The Bertz CT molecular complexity index is 1100. The Morgan fingerprint density at radius 2 is 1.68 bits per heavy atom. The molecule has 1 amide bonds. The summed E-state index contributed by atoms with van der Waals surface area (Å²) in [5, 5.41) is 9.46. The zero-order valence-corrected chi connectivity index (χ0v) is 17.5. The number of carbonyl (C=O) groups excluding carboxylic acids is 1. The van der Waals surface area contributed by atoms with E-state index in [0.29, 0.717) is 25.3 Å². The third-order valence-electron chi connectivity index (χ3n) is 6.36. The van der Waals surface area contributed by atoms with Crippen LogP contribution in [0.5, 0.6) is 5.75 Å². The quantitative estimate of drug-likeness (QED) is 0.688. The first-order chi connectivity index (χ1) is 15.0.